The van der Waals surface area contributed by atoms with Crippen LogP contribution in [0.4, 0.5) is 0 Å². The van der Waals surface area contributed by atoms with Crippen LogP contribution in [0.5, 0.6) is 0 Å². The number of fused-ring (bicyclic) bond motifs is 2. The molecule has 184 valence electrons. The molecule has 1 aromatic carbocycles. The van der Waals surface area contributed by atoms with Gasteiger partial charge in [0, 0.05) is 36.7 Å². The third-order valence-electron chi connectivity index (χ3n) is 6.44. The summed E-state index contributed by atoms with van der Waals surface area (Å²) in [7, 11) is 0. The number of rotatable bonds is 9. The summed E-state index contributed by atoms with van der Waals surface area (Å²) in [6.07, 6.45) is 7.93. The van der Waals surface area contributed by atoms with Gasteiger partial charge in [0.1, 0.15) is 12.8 Å². The summed E-state index contributed by atoms with van der Waals surface area (Å²) in [5.41, 5.74) is 5.25. The molecule has 1 aromatic rings. The van der Waals surface area contributed by atoms with Crippen LogP contribution in [0.3, 0.4) is 0 Å². The molecule has 0 spiro atoms. The second kappa shape index (κ2) is 11.2. The van der Waals surface area contributed by atoms with E-state index in [0.717, 1.165) is 28.7 Å². The number of nitroso groups, excluding NO2 is 1. The first-order valence-corrected chi connectivity index (χ1v) is 11.9. The number of carbonyl (C=O) groups excluding carboxylic acids is 2. The van der Waals surface area contributed by atoms with Crippen molar-refractivity contribution in [2.45, 2.75) is 51.4 Å². The summed E-state index contributed by atoms with van der Waals surface area (Å²) in [5.74, 6) is 5.01. The van der Waals surface area contributed by atoms with Crippen LogP contribution in [0, 0.1) is 4.91 Å². The molecule has 4 rings (SSSR count). The van der Waals surface area contributed by atoms with E-state index in [4.69, 9.17) is 10.6 Å². The first-order valence-electron chi connectivity index (χ1n) is 11.9. The molecule has 2 unspecified atom stereocenters. The van der Waals surface area contributed by atoms with E-state index in [0.29, 0.717) is 50.1 Å². The maximum atomic E-state index is 13.4. The van der Waals surface area contributed by atoms with Gasteiger partial charge in [0.2, 0.25) is 5.91 Å². The van der Waals surface area contributed by atoms with Crippen LogP contribution in [0.1, 0.15) is 54.1 Å². The maximum absolute atomic E-state index is 13.4. The van der Waals surface area contributed by atoms with Crippen molar-refractivity contribution in [1.82, 2.24) is 10.2 Å². The highest BCUT2D eigenvalue weighted by atomic mass is 16.5. The molecule has 35 heavy (non-hydrogen) atoms. The van der Waals surface area contributed by atoms with Crippen LogP contribution in [0.2, 0.25) is 0 Å². The van der Waals surface area contributed by atoms with Crippen molar-refractivity contribution in [2.24, 2.45) is 21.4 Å². The summed E-state index contributed by atoms with van der Waals surface area (Å²) in [6, 6.07) is 5.66. The van der Waals surface area contributed by atoms with Crippen molar-refractivity contribution >= 4 is 17.4 Å². The Morgan fingerprint density at radius 1 is 1.26 bits per heavy atom. The summed E-state index contributed by atoms with van der Waals surface area (Å²) in [6.45, 7) is 3.57. The minimum absolute atomic E-state index is 0.0728. The Morgan fingerprint density at radius 3 is 2.89 bits per heavy atom. The number of allylic oxidation sites excluding steroid dienone is 2. The average molecular weight is 479 g/mol. The molecular weight excluding hydrogens is 448 g/mol. The molecular formula is C25H30N6O4. The molecule has 0 fully saturated rings. The van der Waals surface area contributed by atoms with E-state index in [9.17, 15) is 14.5 Å². The highest BCUT2D eigenvalue weighted by Crippen LogP contribution is 2.33. The summed E-state index contributed by atoms with van der Waals surface area (Å²) in [4.78, 5) is 37.5. The zero-order chi connectivity index (χ0) is 24.8. The van der Waals surface area contributed by atoms with E-state index in [-0.39, 0.29) is 24.5 Å². The van der Waals surface area contributed by atoms with Gasteiger partial charge in [0.25, 0.3) is 0 Å². The number of carbonyl (C=O) groups is 2. The lowest BCUT2D eigenvalue weighted by atomic mass is 9.88. The van der Waals surface area contributed by atoms with Gasteiger partial charge in [-0.1, -0.05) is 35.5 Å². The SMILES string of the molecule is CCCN(CCCN=O)C(=O)C1=CC2=CC=C(c3ccc4c(c3)COC4=O)CC2NC(N=NN)C1. The largest absolute Gasteiger partial charge is 0.457 e. The van der Waals surface area contributed by atoms with Gasteiger partial charge in [-0.05, 0) is 54.2 Å². The fourth-order valence-corrected chi connectivity index (χ4v) is 4.75. The van der Waals surface area contributed by atoms with Gasteiger partial charge >= 0.3 is 5.97 Å². The molecule has 1 amide bonds. The monoisotopic (exact) mass is 478 g/mol. The maximum Gasteiger partial charge on any atom is 0.338 e. The highest BCUT2D eigenvalue weighted by Gasteiger charge is 2.30. The number of ether oxygens (including phenoxy) is 1. The minimum Gasteiger partial charge on any atom is -0.457 e. The number of cyclic esters (lactones) is 1. The van der Waals surface area contributed by atoms with E-state index < -0.39 is 6.17 Å². The summed E-state index contributed by atoms with van der Waals surface area (Å²) >= 11 is 0. The van der Waals surface area contributed by atoms with Crippen LogP contribution in [0.25, 0.3) is 5.57 Å². The minimum atomic E-state index is -0.448. The molecule has 3 aliphatic rings. The first kappa shape index (κ1) is 24.5. The van der Waals surface area contributed by atoms with Crippen molar-refractivity contribution in [3.05, 3.63) is 69.2 Å². The van der Waals surface area contributed by atoms with Gasteiger partial charge in [0.15, 0.2) is 0 Å². The van der Waals surface area contributed by atoms with E-state index >= 15 is 0 Å². The fourth-order valence-electron chi connectivity index (χ4n) is 4.75. The number of hydrogen-bond acceptors (Lipinski definition) is 8. The second-order valence-electron chi connectivity index (χ2n) is 8.85. The van der Waals surface area contributed by atoms with Crippen LogP contribution in [-0.2, 0) is 16.1 Å². The lowest BCUT2D eigenvalue weighted by molar-refractivity contribution is -0.127. The van der Waals surface area contributed by atoms with Crippen LogP contribution < -0.4 is 11.2 Å². The summed E-state index contributed by atoms with van der Waals surface area (Å²) < 4.78 is 5.13. The molecule has 0 saturated heterocycles. The quantitative estimate of drug-likeness (QED) is 0.139. The molecule has 0 saturated carbocycles. The lowest BCUT2D eigenvalue weighted by Gasteiger charge is -2.25. The Labute approximate surface area is 203 Å². The summed E-state index contributed by atoms with van der Waals surface area (Å²) in [5, 5.41) is 14.0. The van der Waals surface area contributed by atoms with Gasteiger partial charge < -0.3 is 15.5 Å². The number of esters is 1. The topological polar surface area (TPSA) is 139 Å². The Balaban J connectivity index is 1.62. The average Bonchev–Trinajstić information content (AvgIpc) is 3.12. The third kappa shape index (κ3) is 5.54. The molecule has 2 aliphatic heterocycles. The van der Waals surface area contributed by atoms with Gasteiger partial charge in [-0.3, -0.25) is 10.1 Å². The Morgan fingerprint density at radius 2 is 2.11 bits per heavy atom. The molecule has 2 atom stereocenters. The molecule has 0 radical (unpaired) electrons. The number of benzene rings is 1. The lowest BCUT2D eigenvalue weighted by Crippen LogP contribution is -2.39. The van der Waals surface area contributed by atoms with Crippen molar-refractivity contribution in [3.63, 3.8) is 0 Å². The zero-order valence-electron chi connectivity index (χ0n) is 19.8. The van der Waals surface area contributed by atoms with Crippen LogP contribution >= 0.6 is 0 Å². The smallest absolute Gasteiger partial charge is 0.338 e. The van der Waals surface area contributed by atoms with Crippen LogP contribution in [0.15, 0.2) is 63.1 Å². The molecule has 10 nitrogen and oxygen atoms in total. The molecule has 10 heteroatoms. The Kier molecular flexibility index (Phi) is 7.81. The van der Waals surface area contributed by atoms with Crippen LogP contribution in [-0.4, -0.2) is 48.6 Å². The van der Waals surface area contributed by atoms with E-state index in [1.165, 1.54) is 0 Å². The first-order chi connectivity index (χ1) is 17.0. The zero-order valence-corrected chi connectivity index (χ0v) is 19.8. The predicted molar refractivity (Wildman–Crippen MR) is 131 cm³/mol. The Hall–Kier alpha value is -3.66. The van der Waals surface area contributed by atoms with Gasteiger partial charge in [-0.2, -0.15) is 10.0 Å². The number of nitrogens with two attached hydrogens (primary N) is 1. The molecule has 2 heterocycles. The highest BCUT2D eigenvalue weighted by molar-refractivity contribution is 5.95. The molecule has 0 aromatic heterocycles. The molecule has 0 bridgehead atoms. The number of hydrogen-bond donors (Lipinski definition) is 2. The normalized spacial score (nSPS) is 21.3. The molecule has 3 N–H and O–H groups in total. The van der Waals surface area contributed by atoms with Crippen molar-refractivity contribution in [3.8, 4) is 0 Å². The number of amides is 1. The van der Waals surface area contributed by atoms with Gasteiger partial charge in [-0.25, -0.2) is 4.79 Å². The second-order valence-corrected chi connectivity index (χ2v) is 8.85. The number of nitrogens with one attached hydrogen (secondary N) is 1. The number of nitrogens with zero attached hydrogens (tertiary/aromatic N) is 4. The van der Waals surface area contributed by atoms with Crippen molar-refractivity contribution in [2.75, 3.05) is 19.6 Å². The van der Waals surface area contributed by atoms with Crippen molar-refractivity contribution in [1.29, 1.82) is 0 Å². The Bertz CT molecular complexity index is 1120. The van der Waals surface area contributed by atoms with E-state index in [1.807, 2.05) is 37.3 Å². The van der Waals surface area contributed by atoms with Gasteiger partial charge in [0.05, 0.1) is 12.1 Å². The van der Waals surface area contributed by atoms with Gasteiger partial charge in [-0.15, -0.1) is 0 Å². The van der Waals surface area contributed by atoms with Crippen molar-refractivity contribution < 1.29 is 14.3 Å². The molecule has 1 aliphatic carbocycles. The van der Waals surface area contributed by atoms with E-state index in [1.54, 1.807) is 4.90 Å². The third-order valence-corrected chi connectivity index (χ3v) is 6.44. The predicted octanol–water partition coefficient (Wildman–Crippen LogP) is 3.41. The fraction of sp³-hybridized carbons (Fsp3) is 0.440. The van der Waals surface area contributed by atoms with E-state index in [2.05, 4.69) is 26.9 Å². The standard InChI is InChI=1S/C25H30N6O4/c1-2-9-31(10-3-8-27-34)24(32)19-12-18-5-4-17(13-22(18)28-23(14-19)29-30-26)16-6-7-21-20(11-16)15-35-25(21)33/h4-7,11-12,22-23,28H,2-3,8-10,13-15H2,1H3,(H2,26,29).